The van der Waals surface area contributed by atoms with Crippen LogP contribution in [0.15, 0.2) is 182 Å². The molecule has 6 aromatic carbocycles. The van der Waals surface area contributed by atoms with Gasteiger partial charge in [-0.2, -0.15) is 92.1 Å². The Labute approximate surface area is 374 Å². The third-order valence-electron chi connectivity index (χ3n) is 12.2. The van der Waals surface area contributed by atoms with Crippen molar-refractivity contribution in [2.45, 2.75) is 12.6 Å². The van der Waals surface area contributed by atoms with E-state index < -0.39 is 0 Å². The molecule has 0 aromatic heterocycles. The molecule has 61 heavy (non-hydrogen) atoms. The number of anilines is 3. The second-order valence-corrected chi connectivity index (χ2v) is 15.7. The average Bonchev–Trinajstić information content (AvgIpc) is 4.06. The van der Waals surface area contributed by atoms with Gasteiger partial charge in [-0.3, -0.25) is 12.0 Å². The van der Waals surface area contributed by atoms with Gasteiger partial charge in [0.05, 0.1) is 5.70 Å². The third-order valence-corrected chi connectivity index (χ3v) is 12.2. The van der Waals surface area contributed by atoms with Gasteiger partial charge in [-0.05, 0) is 41.8 Å². The zero-order valence-electron chi connectivity index (χ0n) is 33.8. The molecule has 0 saturated carbocycles. The summed E-state index contributed by atoms with van der Waals surface area (Å²) in [7, 11) is 0. The van der Waals surface area contributed by atoms with Gasteiger partial charge in [0.1, 0.15) is 0 Å². The van der Waals surface area contributed by atoms with E-state index in [4.69, 9.17) is 0 Å². The molecule has 5 heterocycles. The Morgan fingerprint density at radius 2 is 1.11 bits per heavy atom. The Kier molecular flexibility index (Phi) is 10.9. The fraction of sp³-hybridized carbons (Fsp3) is 0.132. The number of nitrogens with zero attached hydrogens (tertiary/aromatic N) is 7. The predicted molar refractivity (Wildman–Crippen MR) is 242 cm³/mol. The van der Waals surface area contributed by atoms with E-state index >= 15 is 0 Å². The fourth-order valence-electron chi connectivity index (χ4n) is 9.29. The molecule has 5 aliphatic rings. The van der Waals surface area contributed by atoms with Crippen LogP contribution in [0.4, 0.5) is 17.1 Å². The maximum Gasteiger partial charge on any atom is 0.0588 e. The summed E-state index contributed by atoms with van der Waals surface area (Å²) in [6.45, 7) is 9.07. The maximum absolute atomic E-state index is 3.48. The number of para-hydroxylation sites is 3. The average molecular weight is 972 g/mol. The quantitative estimate of drug-likeness (QED) is 0.133. The van der Waals surface area contributed by atoms with Crippen LogP contribution in [0.25, 0.3) is 17.1 Å². The van der Waals surface area contributed by atoms with Crippen molar-refractivity contribution in [2.24, 2.45) is 0 Å². The van der Waals surface area contributed by atoms with E-state index in [0.29, 0.717) is 0 Å². The summed E-state index contributed by atoms with van der Waals surface area (Å²) >= 11 is 0. The second-order valence-electron chi connectivity index (χ2n) is 15.7. The van der Waals surface area contributed by atoms with E-state index in [2.05, 4.69) is 218 Å². The monoisotopic (exact) mass is 972 g/mol. The molecule has 0 spiro atoms. The van der Waals surface area contributed by atoms with Gasteiger partial charge in [0.25, 0.3) is 0 Å². The first-order chi connectivity index (χ1) is 29.8. The summed E-state index contributed by atoms with van der Waals surface area (Å²) in [5.74, 6) is 1.42. The van der Waals surface area contributed by atoms with E-state index in [0.717, 1.165) is 56.2 Å². The van der Waals surface area contributed by atoms with Crippen LogP contribution in [0.3, 0.4) is 0 Å². The molecule has 0 bridgehead atoms. The molecule has 8 heteroatoms. The van der Waals surface area contributed by atoms with Crippen LogP contribution in [0.2, 0.25) is 0 Å². The van der Waals surface area contributed by atoms with Crippen LogP contribution < -0.4 is 14.7 Å². The topological polar surface area (TPSA) is 22.7 Å². The van der Waals surface area contributed by atoms with Crippen molar-refractivity contribution in [3.63, 3.8) is 0 Å². The van der Waals surface area contributed by atoms with Crippen LogP contribution in [0.1, 0.15) is 28.7 Å². The fourth-order valence-corrected chi connectivity index (χ4v) is 9.29. The van der Waals surface area contributed by atoms with Gasteiger partial charge in [-0.15, -0.1) is 17.4 Å². The molecule has 6 aromatic rings. The minimum absolute atomic E-state index is 0. The van der Waals surface area contributed by atoms with Crippen molar-refractivity contribution in [1.82, 2.24) is 19.6 Å². The first-order valence-electron chi connectivity index (χ1n) is 20.9. The van der Waals surface area contributed by atoms with Crippen LogP contribution in [-0.2, 0) is 20.1 Å². The van der Waals surface area contributed by atoms with Gasteiger partial charge in [0.15, 0.2) is 0 Å². The van der Waals surface area contributed by atoms with E-state index in [1.54, 1.807) is 0 Å². The van der Waals surface area contributed by atoms with Crippen molar-refractivity contribution in [3.8, 4) is 0 Å². The largest absolute Gasteiger partial charge is 0.555 e. The first-order valence-corrected chi connectivity index (χ1v) is 20.9. The number of hydrogen-bond donors (Lipinski definition) is 0. The molecule has 11 rings (SSSR count). The van der Waals surface area contributed by atoms with Gasteiger partial charge in [0, 0.05) is 63.9 Å². The Morgan fingerprint density at radius 3 is 1.77 bits per heavy atom. The van der Waals surface area contributed by atoms with Crippen molar-refractivity contribution in [2.75, 3.05) is 47.4 Å². The minimum Gasteiger partial charge on any atom is -0.555 e. The number of fused-ring (bicyclic) bond motifs is 2. The number of hydrogen-bond acceptors (Lipinski definition) is 7. The Hall–Kier alpha value is -6.18. The second kappa shape index (κ2) is 17.1. The van der Waals surface area contributed by atoms with Gasteiger partial charge in [-0.1, -0.05) is 109 Å². The molecule has 307 valence electrons. The molecule has 1 atom stereocenters. The number of rotatable bonds is 9. The summed E-state index contributed by atoms with van der Waals surface area (Å²) in [6, 6.07) is 66.1. The Morgan fingerprint density at radius 1 is 0.541 bits per heavy atom. The predicted octanol–water partition coefficient (Wildman–Crippen LogP) is 9.79. The Bertz CT molecular complexity index is 2510. The van der Waals surface area contributed by atoms with E-state index in [9.17, 15) is 0 Å². The summed E-state index contributed by atoms with van der Waals surface area (Å²) in [5, 5.41) is 0. The van der Waals surface area contributed by atoms with Crippen molar-refractivity contribution in [3.05, 3.63) is 242 Å². The molecular weight excluding hydrogens is 927 g/mol. The van der Waals surface area contributed by atoms with E-state index in [1.165, 1.54) is 51.3 Å². The van der Waals surface area contributed by atoms with E-state index in [1.807, 2.05) is 24.3 Å². The molecular formula is C53H45IrN7-6. The summed E-state index contributed by atoms with van der Waals surface area (Å²) in [5.41, 5.74) is 11.7. The van der Waals surface area contributed by atoms with Gasteiger partial charge < -0.3 is 34.3 Å². The molecule has 1 fully saturated rings. The van der Waals surface area contributed by atoms with Crippen molar-refractivity contribution < 1.29 is 20.1 Å². The van der Waals surface area contributed by atoms with Gasteiger partial charge >= 0.3 is 0 Å². The molecule has 1 unspecified atom stereocenters. The van der Waals surface area contributed by atoms with Crippen molar-refractivity contribution >= 4 is 34.2 Å². The van der Waals surface area contributed by atoms with Crippen LogP contribution >= 0.6 is 0 Å². The standard InChI is InChI=1S/C53H45N7.Ir/c1-6-18-41(19-7-1)49-36-56(44-24-12-4-13-25-44)39-55(49)34-32-54-31-30-47-52(60-40-57(45-26-14-5-15-27-45)37-50(60)42-20-8-2-9-21-42)46-28-16-17-29-48(46)59-38-51(43-22-10-3-11-23-43)58(35-33-54)53(47)59;/h1-24,26,28-29,36-40,53H,30-35H2;/q-6;. The maximum atomic E-state index is 3.48. The Balaban J connectivity index is 0.00000445. The molecule has 1 saturated heterocycles. The molecule has 0 amide bonds. The first kappa shape index (κ1) is 39.0. The molecule has 0 N–H and O–H groups in total. The van der Waals surface area contributed by atoms with Gasteiger partial charge in [-0.25, -0.2) is 0 Å². The summed E-state index contributed by atoms with van der Waals surface area (Å²) < 4.78 is 0. The zero-order chi connectivity index (χ0) is 39.8. The zero-order valence-corrected chi connectivity index (χ0v) is 36.2. The molecule has 5 aliphatic heterocycles. The van der Waals surface area contributed by atoms with Gasteiger partial charge in [0.2, 0.25) is 0 Å². The summed E-state index contributed by atoms with van der Waals surface area (Å²) in [4.78, 5) is 17.2. The van der Waals surface area contributed by atoms with Crippen molar-refractivity contribution in [1.29, 1.82) is 0 Å². The molecule has 0 aliphatic carbocycles. The number of benzene rings is 6. The van der Waals surface area contributed by atoms with Crippen LogP contribution in [0, 0.1) is 37.4 Å². The molecule has 7 nitrogen and oxygen atoms in total. The normalized spacial score (nSPS) is 18.9. The molecule has 1 radical (unpaired) electrons. The smallest absolute Gasteiger partial charge is 0.0588 e. The minimum atomic E-state index is 0. The van der Waals surface area contributed by atoms with E-state index in [-0.39, 0.29) is 26.3 Å². The summed E-state index contributed by atoms with van der Waals surface area (Å²) in [6.07, 6.45) is 7.87. The van der Waals surface area contributed by atoms with Crippen LogP contribution in [0.5, 0.6) is 0 Å². The van der Waals surface area contributed by atoms with Crippen LogP contribution in [-0.4, -0.2) is 58.5 Å². The third kappa shape index (κ3) is 7.39. The SMILES string of the molecule is [Ir].[c-]1ccccc1N1C=C(c2ccccc2)N(CCN2CC[C-]3[C-](N4[CH-]N(c5[c-]cccc5)C=C4c4ccccc4)c4ccccc4N4C=C(c5ccccc5)N(CC2)C34)[CH-]1.